The second-order valence-electron chi connectivity index (χ2n) is 4.04. The van der Waals surface area contributed by atoms with Gasteiger partial charge in [-0.15, -0.1) is 0 Å². The van der Waals surface area contributed by atoms with Crippen molar-refractivity contribution in [2.75, 3.05) is 5.32 Å². The molecule has 6 heteroatoms. The largest absolute Gasteiger partial charge is 0.354 e. The second-order valence-corrected chi connectivity index (χ2v) is 4.44. The van der Waals surface area contributed by atoms with Gasteiger partial charge in [-0.05, 0) is 18.2 Å². The van der Waals surface area contributed by atoms with Gasteiger partial charge in [0, 0.05) is 23.4 Å². The Kier molecular flexibility index (Phi) is 4.00. The van der Waals surface area contributed by atoms with Gasteiger partial charge in [0.05, 0.1) is 15.6 Å². The summed E-state index contributed by atoms with van der Waals surface area (Å²) in [7, 11) is 0. The summed E-state index contributed by atoms with van der Waals surface area (Å²) in [5.41, 5.74) is 1.43. The molecule has 2 aromatic rings. The Bertz CT molecular complexity index is 689. The number of non-ortho nitro benzene ring substituents is 1. The maximum atomic E-state index is 12.9. The molecule has 102 valence electrons. The molecule has 0 bridgehead atoms. The number of halogens is 2. The summed E-state index contributed by atoms with van der Waals surface area (Å²) in [4.78, 5) is 10.2. The van der Waals surface area contributed by atoms with E-state index < -0.39 is 10.7 Å². The van der Waals surface area contributed by atoms with Crippen molar-refractivity contribution in [3.8, 4) is 0 Å². The summed E-state index contributed by atoms with van der Waals surface area (Å²) in [6.45, 7) is 3.80. The van der Waals surface area contributed by atoms with Crippen LogP contribution in [0.4, 0.5) is 15.8 Å². The molecule has 0 atom stereocenters. The number of hydrogen-bond acceptors (Lipinski definition) is 3. The molecule has 4 nitrogen and oxygen atoms in total. The predicted octanol–water partition coefficient (Wildman–Crippen LogP) is 4.47. The van der Waals surface area contributed by atoms with Crippen LogP contribution in [0.25, 0.3) is 5.70 Å². The van der Waals surface area contributed by atoms with Gasteiger partial charge in [0.15, 0.2) is 0 Å². The first-order valence-corrected chi connectivity index (χ1v) is 6.01. The van der Waals surface area contributed by atoms with Gasteiger partial charge >= 0.3 is 0 Å². The quantitative estimate of drug-likeness (QED) is 0.668. The Morgan fingerprint density at radius 1 is 1.30 bits per heavy atom. The minimum atomic E-state index is -0.484. The molecule has 0 saturated carbocycles. The zero-order chi connectivity index (χ0) is 14.7. The van der Waals surface area contributed by atoms with Crippen LogP contribution < -0.4 is 5.32 Å². The van der Waals surface area contributed by atoms with Gasteiger partial charge in [-0.1, -0.05) is 30.3 Å². The predicted molar refractivity (Wildman–Crippen MR) is 77.2 cm³/mol. The van der Waals surface area contributed by atoms with Crippen molar-refractivity contribution in [1.82, 2.24) is 0 Å². The SMILES string of the molecule is C=C(Nc1ccc(F)cc1Cl)c1cccc([N+](=O)[O-])c1. The van der Waals surface area contributed by atoms with Crippen LogP contribution in [0, 0.1) is 15.9 Å². The summed E-state index contributed by atoms with van der Waals surface area (Å²) in [5.74, 6) is -0.443. The first kappa shape index (κ1) is 14.0. The first-order chi connectivity index (χ1) is 9.47. The standard InChI is InChI=1S/C14H10ClFN2O2/c1-9(10-3-2-4-12(7-10)18(19)20)17-14-6-5-11(16)8-13(14)15/h2-8,17H,1H2. The summed E-state index contributed by atoms with van der Waals surface area (Å²) in [6.07, 6.45) is 0. The average Bonchev–Trinajstić information content (AvgIpc) is 2.42. The van der Waals surface area contributed by atoms with E-state index in [0.29, 0.717) is 16.9 Å². The van der Waals surface area contributed by atoms with E-state index in [4.69, 9.17) is 11.6 Å². The lowest BCUT2D eigenvalue weighted by Crippen LogP contribution is -1.99. The van der Waals surface area contributed by atoms with Crippen molar-refractivity contribution < 1.29 is 9.31 Å². The third-order valence-electron chi connectivity index (χ3n) is 2.62. The molecule has 0 heterocycles. The van der Waals surface area contributed by atoms with E-state index in [2.05, 4.69) is 11.9 Å². The summed E-state index contributed by atoms with van der Waals surface area (Å²) >= 11 is 5.89. The van der Waals surface area contributed by atoms with Crippen molar-refractivity contribution in [3.63, 3.8) is 0 Å². The Labute approximate surface area is 119 Å². The highest BCUT2D eigenvalue weighted by atomic mass is 35.5. The van der Waals surface area contributed by atoms with E-state index in [0.717, 1.165) is 0 Å². The molecular weight excluding hydrogens is 283 g/mol. The number of nitro benzene ring substituents is 1. The highest BCUT2D eigenvalue weighted by molar-refractivity contribution is 6.33. The molecule has 0 amide bonds. The minimum Gasteiger partial charge on any atom is -0.354 e. The van der Waals surface area contributed by atoms with E-state index >= 15 is 0 Å². The molecule has 1 N–H and O–H groups in total. The molecule has 0 aliphatic heterocycles. The van der Waals surface area contributed by atoms with Gasteiger partial charge in [0.25, 0.3) is 5.69 Å². The Morgan fingerprint density at radius 3 is 2.70 bits per heavy atom. The van der Waals surface area contributed by atoms with Crippen LogP contribution in [-0.4, -0.2) is 4.92 Å². The fraction of sp³-hybridized carbons (Fsp3) is 0. The van der Waals surface area contributed by atoms with E-state index in [1.807, 2.05) is 0 Å². The maximum absolute atomic E-state index is 12.9. The molecule has 20 heavy (non-hydrogen) atoms. The zero-order valence-electron chi connectivity index (χ0n) is 10.3. The number of nitrogens with zero attached hydrogens (tertiary/aromatic N) is 1. The monoisotopic (exact) mass is 292 g/mol. The molecule has 2 rings (SSSR count). The minimum absolute atomic E-state index is 0.0318. The number of rotatable bonds is 4. The highest BCUT2D eigenvalue weighted by Crippen LogP contribution is 2.27. The van der Waals surface area contributed by atoms with E-state index in [1.165, 1.54) is 30.3 Å². The highest BCUT2D eigenvalue weighted by Gasteiger charge is 2.09. The molecular formula is C14H10ClFN2O2. The first-order valence-electron chi connectivity index (χ1n) is 5.63. The van der Waals surface area contributed by atoms with Crippen LogP contribution in [0.15, 0.2) is 49.0 Å². The zero-order valence-corrected chi connectivity index (χ0v) is 11.0. The van der Waals surface area contributed by atoms with Gasteiger partial charge < -0.3 is 5.32 Å². The third-order valence-corrected chi connectivity index (χ3v) is 2.93. The van der Waals surface area contributed by atoms with Crippen molar-refractivity contribution >= 4 is 28.7 Å². The van der Waals surface area contributed by atoms with Gasteiger partial charge in [-0.2, -0.15) is 0 Å². The topological polar surface area (TPSA) is 55.2 Å². The van der Waals surface area contributed by atoms with Crippen LogP contribution in [0.1, 0.15) is 5.56 Å². The average molecular weight is 293 g/mol. The van der Waals surface area contributed by atoms with Crippen molar-refractivity contribution in [2.24, 2.45) is 0 Å². The number of anilines is 1. The lowest BCUT2D eigenvalue weighted by atomic mass is 10.1. The van der Waals surface area contributed by atoms with Gasteiger partial charge in [-0.3, -0.25) is 10.1 Å². The molecule has 0 fully saturated rings. The van der Waals surface area contributed by atoms with Gasteiger partial charge in [0.1, 0.15) is 5.82 Å². The molecule has 0 aliphatic rings. The van der Waals surface area contributed by atoms with Gasteiger partial charge in [0.2, 0.25) is 0 Å². The number of hydrogen-bond donors (Lipinski definition) is 1. The van der Waals surface area contributed by atoms with Crippen LogP contribution in [0.5, 0.6) is 0 Å². The molecule has 0 saturated heterocycles. The molecule has 0 radical (unpaired) electrons. The summed E-state index contributed by atoms with van der Waals surface area (Å²) < 4.78 is 12.9. The van der Waals surface area contributed by atoms with Crippen molar-refractivity contribution in [1.29, 1.82) is 0 Å². The van der Waals surface area contributed by atoms with Crippen LogP contribution in [-0.2, 0) is 0 Å². The lowest BCUT2D eigenvalue weighted by Gasteiger charge is -2.11. The van der Waals surface area contributed by atoms with E-state index in [1.54, 1.807) is 12.1 Å². The maximum Gasteiger partial charge on any atom is 0.270 e. The fourth-order valence-corrected chi connectivity index (χ4v) is 1.85. The van der Waals surface area contributed by atoms with Crippen molar-refractivity contribution in [2.45, 2.75) is 0 Å². The fourth-order valence-electron chi connectivity index (χ4n) is 1.63. The molecule has 0 aromatic heterocycles. The number of benzene rings is 2. The van der Waals surface area contributed by atoms with E-state index in [-0.39, 0.29) is 10.7 Å². The second kappa shape index (κ2) is 5.71. The van der Waals surface area contributed by atoms with Crippen LogP contribution in [0.3, 0.4) is 0 Å². The summed E-state index contributed by atoms with van der Waals surface area (Å²) in [5, 5.41) is 13.8. The normalized spacial score (nSPS) is 10.1. The van der Waals surface area contributed by atoms with Crippen LogP contribution in [0.2, 0.25) is 5.02 Å². The van der Waals surface area contributed by atoms with Crippen LogP contribution >= 0.6 is 11.6 Å². The molecule has 0 aliphatic carbocycles. The Morgan fingerprint density at radius 2 is 2.05 bits per heavy atom. The smallest absolute Gasteiger partial charge is 0.270 e. The third kappa shape index (κ3) is 3.13. The Balaban J connectivity index is 2.24. The molecule has 2 aromatic carbocycles. The summed E-state index contributed by atoms with van der Waals surface area (Å²) in [6, 6.07) is 9.93. The number of nitrogens with one attached hydrogen (secondary N) is 1. The van der Waals surface area contributed by atoms with E-state index in [9.17, 15) is 14.5 Å². The number of nitro groups is 1. The molecule has 0 spiro atoms. The lowest BCUT2D eigenvalue weighted by molar-refractivity contribution is -0.384. The Hall–Kier alpha value is -2.40. The molecule has 0 unspecified atom stereocenters. The van der Waals surface area contributed by atoms with Gasteiger partial charge in [-0.25, -0.2) is 4.39 Å². The van der Waals surface area contributed by atoms with Crippen molar-refractivity contribution in [3.05, 3.63) is 75.6 Å².